The van der Waals surface area contributed by atoms with Crippen LogP contribution in [0.15, 0.2) is 0 Å². The summed E-state index contributed by atoms with van der Waals surface area (Å²) in [5.41, 5.74) is 0. The maximum atomic E-state index is 11.7. The Hall–Kier alpha value is -0.940. The fourth-order valence-electron chi connectivity index (χ4n) is 4.18. The van der Waals surface area contributed by atoms with Gasteiger partial charge in [0.15, 0.2) is 0 Å². The van der Waals surface area contributed by atoms with Gasteiger partial charge in [-0.3, -0.25) is 14.5 Å². The smallest absolute Gasteiger partial charge is 0.230 e. The molecule has 2 amide bonds. The van der Waals surface area contributed by atoms with Gasteiger partial charge in [0.05, 0.1) is 19.3 Å². The van der Waals surface area contributed by atoms with E-state index in [1.54, 1.807) is 0 Å². The summed E-state index contributed by atoms with van der Waals surface area (Å²) < 4.78 is 5.61. The number of unbranched alkanes of at least 4 members (excludes halogenated alkanes) is 15. The van der Waals surface area contributed by atoms with Gasteiger partial charge in [0.1, 0.15) is 0 Å². The molecule has 0 bridgehead atoms. The van der Waals surface area contributed by atoms with Gasteiger partial charge in [-0.05, 0) is 6.42 Å². The van der Waals surface area contributed by atoms with Gasteiger partial charge in [0, 0.05) is 19.4 Å². The quantitative estimate of drug-likeness (QED) is 0.187. The van der Waals surface area contributed by atoms with Crippen LogP contribution in [0.5, 0.6) is 0 Å². The van der Waals surface area contributed by atoms with Crippen LogP contribution in [0.3, 0.4) is 0 Å². The Balaban J connectivity index is 1.81. The highest BCUT2D eigenvalue weighted by atomic mass is 16.5. The first kappa shape index (κ1) is 27.1. The van der Waals surface area contributed by atoms with Crippen molar-refractivity contribution in [3.63, 3.8) is 0 Å². The van der Waals surface area contributed by atoms with Crippen molar-refractivity contribution in [2.45, 2.75) is 129 Å². The van der Waals surface area contributed by atoms with Crippen molar-refractivity contribution in [2.75, 3.05) is 19.8 Å². The Kier molecular flexibility index (Phi) is 17.0. The molecule has 0 aliphatic carbocycles. The molecule has 1 saturated heterocycles. The summed E-state index contributed by atoms with van der Waals surface area (Å²) in [6, 6.07) is -0.520. The highest BCUT2D eigenvalue weighted by Gasteiger charge is 2.34. The normalized spacial score (nSPS) is 15.3. The maximum Gasteiger partial charge on any atom is 0.230 e. The third-order valence-electron chi connectivity index (χ3n) is 6.12. The summed E-state index contributed by atoms with van der Waals surface area (Å²) in [4.78, 5) is 24.6. The minimum Gasteiger partial charge on any atom is -0.394 e. The molecule has 5 nitrogen and oxygen atoms in total. The number of hydrogen-bond acceptors (Lipinski definition) is 4. The lowest BCUT2D eigenvalue weighted by Gasteiger charge is -2.24. The average Bonchev–Trinajstić information content (AvgIpc) is 3.08. The van der Waals surface area contributed by atoms with Crippen LogP contribution in [0.25, 0.3) is 0 Å². The molecule has 1 fully saturated rings. The zero-order valence-corrected chi connectivity index (χ0v) is 19.5. The van der Waals surface area contributed by atoms with E-state index in [1.807, 2.05) is 0 Å². The number of aliphatic hydroxyl groups is 1. The van der Waals surface area contributed by atoms with Crippen molar-refractivity contribution < 1.29 is 19.4 Å². The topological polar surface area (TPSA) is 66.8 Å². The van der Waals surface area contributed by atoms with E-state index in [9.17, 15) is 14.7 Å². The lowest BCUT2D eigenvalue weighted by atomic mass is 10.0. The molecule has 0 aromatic heterocycles. The second-order valence-electron chi connectivity index (χ2n) is 8.87. The highest BCUT2D eigenvalue weighted by molar-refractivity contribution is 6.02. The number of carbonyl (C=O) groups is 2. The standard InChI is InChI=1S/C25H47NO4/c1-2-3-4-5-6-7-8-9-10-11-12-13-14-15-16-17-20-30-22-23(21-27)26-24(28)18-19-25(26)29/h23,27H,2-22H2,1H3. The second-order valence-corrected chi connectivity index (χ2v) is 8.87. The number of nitrogens with zero attached hydrogens (tertiary/aromatic N) is 1. The number of likely N-dealkylation sites (tertiary alicyclic amines) is 1. The summed E-state index contributed by atoms with van der Waals surface area (Å²) in [6.45, 7) is 2.92. The number of hydrogen-bond donors (Lipinski definition) is 1. The van der Waals surface area contributed by atoms with Crippen LogP contribution in [0.4, 0.5) is 0 Å². The van der Waals surface area contributed by atoms with Crippen molar-refractivity contribution in [2.24, 2.45) is 0 Å². The van der Waals surface area contributed by atoms with Crippen LogP contribution < -0.4 is 0 Å². The van der Waals surface area contributed by atoms with Crippen molar-refractivity contribution in [1.82, 2.24) is 4.90 Å². The van der Waals surface area contributed by atoms with E-state index < -0.39 is 6.04 Å². The zero-order valence-electron chi connectivity index (χ0n) is 19.5. The summed E-state index contributed by atoms with van der Waals surface area (Å²) >= 11 is 0. The van der Waals surface area contributed by atoms with E-state index in [1.165, 1.54) is 94.8 Å². The summed E-state index contributed by atoms with van der Waals surface area (Å²) in [5, 5.41) is 9.44. The molecule has 1 aliphatic heterocycles. The fraction of sp³-hybridized carbons (Fsp3) is 0.920. The van der Waals surface area contributed by atoms with E-state index in [-0.39, 0.29) is 37.9 Å². The molecule has 0 aromatic carbocycles. The third kappa shape index (κ3) is 12.7. The molecule has 1 unspecified atom stereocenters. The number of rotatable bonds is 21. The van der Waals surface area contributed by atoms with Gasteiger partial charge in [-0.25, -0.2) is 0 Å². The molecule has 0 saturated carbocycles. The first-order valence-electron chi connectivity index (χ1n) is 12.7. The number of aliphatic hydroxyl groups excluding tert-OH is 1. The van der Waals surface area contributed by atoms with Gasteiger partial charge in [-0.1, -0.05) is 103 Å². The fourth-order valence-corrected chi connectivity index (χ4v) is 4.18. The Morgan fingerprint density at radius 1 is 0.733 bits per heavy atom. The van der Waals surface area contributed by atoms with Crippen LogP contribution in [-0.2, 0) is 14.3 Å². The molecule has 176 valence electrons. The van der Waals surface area contributed by atoms with E-state index in [2.05, 4.69) is 6.92 Å². The van der Waals surface area contributed by atoms with E-state index in [0.29, 0.717) is 6.61 Å². The van der Waals surface area contributed by atoms with Crippen molar-refractivity contribution >= 4 is 11.8 Å². The van der Waals surface area contributed by atoms with Crippen LogP contribution in [0.2, 0.25) is 0 Å². The molecule has 1 atom stereocenters. The summed E-state index contributed by atoms with van der Waals surface area (Å²) in [7, 11) is 0. The van der Waals surface area contributed by atoms with Gasteiger partial charge in [0.2, 0.25) is 11.8 Å². The highest BCUT2D eigenvalue weighted by Crippen LogP contribution is 2.16. The zero-order chi connectivity index (χ0) is 21.9. The first-order chi connectivity index (χ1) is 14.7. The molecule has 1 aliphatic rings. The Morgan fingerprint density at radius 2 is 1.13 bits per heavy atom. The maximum absolute atomic E-state index is 11.7. The second kappa shape index (κ2) is 18.8. The predicted molar refractivity (Wildman–Crippen MR) is 122 cm³/mol. The van der Waals surface area contributed by atoms with Crippen molar-refractivity contribution in [3.8, 4) is 0 Å². The average molecular weight is 426 g/mol. The SMILES string of the molecule is CCCCCCCCCCCCCCCCCCOCC(CO)N1C(=O)CCC1=O. The predicted octanol–water partition coefficient (Wildman–Crippen LogP) is 5.77. The molecule has 1 N–H and O–H groups in total. The van der Waals surface area contributed by atoms with Crippen LogP contribution in [-0.4, -0.2) is 47.7 Å². The molecule has 5 heteroatoms. The molecule has 30 heavy (non-hydrogen) atoms. The van der Waals surface area contributed by atoms with Gasteiger partial charge in [0.25, 0.3) is 0 Å². The molecule has 1 rings (SSSR count). The monoisotopic (exact) mass is 425 g/mol. The minimum atomic E-state index is -0.520. The number of ether oxygens (including phenoxy) is 1. The number of amides is 2. The van der Waals surface area contributed by atoms with E-state index in [4.69, 9.17) is 4.74 Å². The largest absolute Gasteiger partial charge is 0.394 e. The van der Waals surface area contributed by atoms with Gasteiger partial charge >= 0.3 is 0 Å². The van der Waals surface area contributed by atoms with E-state index in [0.717, 1.165) is 12.8 Å². The van der Waals surface area contributed by atoms with Gasteiger partial charge in [-0.2, -0.15) is 0 Å². The Labute approximate surface area is 184 Å². The molecule has 0 radical (unpaired) electrons. The number of imide groups is 1. The van der Waals surface area contributed by atoms with Crippen LogP contribution in [0.1, 0.15) is 122 Å². The van der Waals surface area contributed by atoms with Crippen LogP contribution >= 0.6 is 0 Å². The molecule has 0 spiro atoms. The summed E-state index contributed by atoms with van der Waals surface area (Å²) in [6.07, 6.45) is 22.0. The summed E-state index contributed by atoms with van der Waals surface area (Å²) in [5.74, 6) is -0.380. The number of carbonyl (C=O) groups excluding carboxylic acids is 2. The minimum absolute atomic E-state index is 0.190. The van der Waals surface area contributed by atoms with Gasteiger partial charge < -0.3 is 9.84 Å². The van der Waals surface area contributed by atoms with Crippen molar-refractivity contribution in [3.05, 3.63) is 0 Å². The molecular weight excluding hydrogens is 378 g/mol. The lowest BCUT2D eigenvalue weighted by Crippen LogP contribution is -2.44. The lowest BCUT2D eigenvalue weighted by molar-refractivity contribution is -0.143. The van der Waals surface area contributed by atoms with Gasteiger partial charge in [-0.15, -0.1) is 0 Å². The van der Waals surface area contributed by atoms with Crippen LogP contribution in [0, 0.1) is 0 Å². The Bertz CT molecular complexity index is 425. The molecule has 0 aromatic rings. The first-order valence-corrected chi connectivity index (χ1v) is 12.7. The Morgan fingerprint density at radius 3 is 1.53 bits per heavy atom. The third-order valence-corrected chi connectivity index (χ3v) is 6.12. The molecule has 1 heterocycles. The van der Waals surface area contributed by atoms with E-state index >= 15 is 0 Å². The molecular formula is C25H47NO4. The van der Waals surface area contributed by atoms with Crippen molar-refractivity contribution in [1.29, 1.82) is 0 Å².